The number of likely N-dealkylation sites (N-methyl/N-ethyl adjacent to an activating group) is 1. The summed E-state index contributed by atoms with van der Waals surface area (Å²) in [6, 6.07) is 11.5. The first-order valence-corrected chi connectivity index (χ1v) is 8.50. The van der Waals surface area contributed by atoms with Gasteiger partial charge >= 0.3 is 5.97 Å². The Labute approximate surface area is 153 Å². The second-order valence-electron chi connectivity index (χ2n) is 6.27. The maximum Gasteiger partial charge on any atom is 0.337 e. The number of methoxy groups -OCH3 is 1. The minimum absolute atomic E-state index is 0.290. The first-order chi connectivity index (χ1) is 12.6. The zero-order valence-corrected chi connectivity index (χ0v) is 15.0. The molecule has 0 aromatic heterocycles. The number of anilines is 1. The molecule has 2 aromatic rings. The smallest absolute Gasteiger partial charge is 0.337 e. The molecule has 1 aliphatic heterocycles. The summed E-state index contributed by atoms with van der Waals surface area (Å²) in [4.78, 5) is 16.4. The molecular formula is C21H21FN2O2. The number of halogens is 1. The number of ether oxygens (including phenoxy) is 1. The molecule has 0 spiro atoms. The molecule has 3 rings (SSSR count). The van der Waals surface area contributed by atoms with Crippen molar-refractivity contribution in [3.63, 3.8) is 0 Å². The van der Waals surface area contributed by atoms with E-state index in [0.29, 0.717) is 5.56 Å². The molecule has 134 valence electrons. The van der Waals surface area contributed by atoms with E-state index in [9.17, 15) is 9.18 Å². The molecule has 0 aliphatic carbocycles. The van der Waals surface area contributed by atoms with E-state index >= 15 is 0 Å². The van der Waals surface area contributed by atoms with Crippen molar-refractivity contribution in [3.05, 3.63) is 65.0 Å². The molecule has 0 saturated carbocycles. The quantitative estimate of drug-likeness (QED) is 0.615. The normalized spacial score (nSPS) is 14.5. The summed E-state index contributed by atoms with van der Waals surface area (Å²) in [5, 5.41) is 0. The Morgan fingerprint density at radius 2 is 1.73 bits per heavy atom. The first-order valence-electron chi connectivity index (χ1n) is 8.50. The Balaban J connectivity index is 1.96. The molecule has 1 heterocycles. The van der Waals surface area contributed by atoms with Gasteiger partial charge < -0.3 is 14.5 Å². The van der Waals surface area contributed by atoms with Crippen LogP contribution >= 0.6 is 0 Å². The second kappa shape index (κ2) is 8.03. The Morgan fingerprint density at radius 3 is 2.38 bits per heavy atom. The molecule has 0 unspecified atom stereocenters. The molecule has 0 atom stereocenters. The highest BCUT2D eigenvalue weighted by Crippen LogP contribution is 2.23. The van der Waals surface area contributed by atoms with E-state index in [2.05, 4.69) is 28.7 Å². The summed E-state index contributed by atoms with van der Waals surface area (Å²) in [6.45, 7) is 3.76. The van der Waals surface area contributed by atoms with Crippen LogP contribution < -0.4 is 4.90 Å². The van der Waals surface area contributed by atoms with Crippen molar-refractivity contribution in [2.24, 2.45) is 0 Å². The number of carbonyl (C=O) groups excluding carboxylic acids is 1. The highest BCUT2D eigenvalue weighted by atomic mass is 19.1. The molecule has 0 amide bonds. The zero-order chi connectivity index (χ0) is 18.5. The molecule has 1 fully saturated rings. The third kappa shape index (κ3) is 4.22. The van der Waals surface area contributed by atoms with Crippen LogP contribution in [0.4, 0.5) is 10.1 Å². The van der Waals surface area contributed by atoms with Gasteiger partial charge in [0.1, 0.15) is 5.82 Å². The minimum atomic E-state index is -0.389. The largest absolute Gasteiger partial charge is 0.465 e. The summed E-state index contributed by atoms with van der Waals surface area (Å²) >= 11 is 0. The van der Waals surface area contributed by atoms with Crippen LogP contribution in [-0.4, -0.2) is 51.2 Å². The Bertz CT molecular complexity index is 845. The lowest BCUT2D eigenvalue weighted by Gasteiger charge is -2.34. The number of esters is 1. The second-order valence-corrected chi connectivity index (χ2v) is 6.27. The van der Waals surface area contributed by atoms with Gasteiger partial charge in [0.05, 0.1) is 18.4 Å². The fourth-order valence-corrected chi connectivity index (χ4v) is 2.88. The summed E-state index contributed by atoms with van der Waals surface area (Å²) in [5.74, 6) is 5.52. The van der Waals surface area contributed by atoms with E-state index in [1.54, 1.807) is 24.3 Å². The van der Waals surface area contributed by atoms with Crippen LogP contribution in [0.1, 0.15) is 21.5 Å². The van der Waals surface area contributed by atoms with Crippen LogP contribution in [0.25, 0.3) is 0 Å². The third-order valence-corrected chi connectivity index (χ3v) is 4.45. The molecule has 5 heteroatoms. The van der Waals surface area contributed by atoms with Crippen LogP contribution in [0.3, 0.4) is 0 Å². The van der Waals surface area contributed by atoms with Crippen molar-refractivity contribution in [1.82, 2.24) is 4.90 Å². The van der Waals surface area contributed by atoms with Gasteiger partial charge in [-0.3, -0.25) is 0 Å². The van der Waals surface area contributed by atoms with Gasteiger partial charge in [-0.2, -0.15) is 0 Å². The predicted molar refractivity (Wildman–Crippen MR) is 99.9 cm³/mol. The lowest BCUT2D eigenvalue weighted by Crippen LogP contribution is -2.44. The standard InChI is InChI=1S/C21H21FN2O2/c1-23-11-13-24(14-12-23)20-10-7-18(21(25)26-2)15-17(20)6-3-16-4-8-19(22)9-5-16/h4-5,7-10,15H,11-14H2,1-2H3. The van der Waals surface area contributed by atoms with Gasteiger partial charge in [0.2, 0.25) is 0 Å². The summed E-state index contributed by atoms with van der Waals surface area (Å²) in [7, 11) is 3.47. The topological polar surface area (TPSA) is 32.8 Å². The molecule has 0 bridgehead atoms. The lowest BCUT2D eigenvalue weighted by atomic mass is 10.1. The monoisotopic (exact) mass is 352 g/mol. The maximum atomic E-state index is 13.1. The van der Waals surface area contributed by atoms with Crippen LogP contribution in [-0.2, 0) is 4.74 Å². The zero-order valence-electron chi connectivity index (χ0n) is 15.0. The average molecular weight is 352 g/mol. The van der Waals surface area contributed by atoms with E-state index in [-0.39, 0.29) is 11.8 Å². The van der Waals surface area contributed by atoms with Gasteiger partial charge in [0, 0.05) is 37.3 Å². The molecule has 0 N–H and O–H groups in total. The van der Waals surface area contributed by atoms with E-state index in [4.69, 9.17) is 4.74 Å². The number of piperazine rings is 1. The maximum absolute atomic E-state index is 13.1. The van der Waals surface area contributed by atoms with Crippen molar-refractivity contribution in [1.29, 1.82) is 0 Å². The SMILES string of the molecule is COC(=O)c1ccc(N2CCN(C)CC2)c(C#Cc2ccc(F)cc2)c1. The number of nitrogens with zero attached hydrogens (tertiary/aromatic N) is 2. The molecule has 1 saturated heterocycles. The highest BCUT2D eigenvalue weighted by molar-refractivity contribution is 5.90. The third-order valence-electron chi connectivity index (χ3n) is 4.45. The van der Waals surface area contributed by atoms with E-state index in [0.717, 1.165) is 43.0 Å². The lowest BCUT2D eigenvalue weighted by molar-refractivity contribution is 0.0600. The van der Waals surface area contributed by atoms with Gasteiger partial charge in [0.25, 0.3) is 0 Å². The van der Waals surface area contributed by atoms with Gasteiger partial charge in [-0.15, -0.1) is 0 Å². The van der Waals surface area contributed by atoms with Crippen LogP contribution in [0.15, 0.2) is 42.5 Å². The fraction of sp³-hybridized carbons (Fsp3) is 0.286. The van der Waals surface area contributed by atoms with Crippen LogP contribution in [0.2, 0.25) is 0 Å². The van der Waals surface area contributed by atoms with Gasteiger partial charge in [-0.05, 0) is 49.5 Å². The summed E-state index contributed by atoms with van der Waals surface area (Å²) in [6.07, 6.45) is 0. The molecular weight excluding hydrogens is 331 g/mol. The van der Waals surface area contributed by atoms with E-state index < -0.39 is 0 Å². The van der Waals surface area contributed by atoms with Crippen molar-refractivity contribution < 1.29 is 13.9 Å². The van der Waals surface area contributed by atoms with Crippen LogP contribution in [0.5, 0.6) is 0 Å². The molecule has 0 radical (unpaired) electrons. The van der Waals surface area contributed by atoms with Crippen molar-refractivity contribution >= 4 is 11.7 Å². The Hall–Kier alpha value is -2.84. The van der Waals surface area contributed by atoms with Gasteiger partial charge in [-0.25, -0.2) is 9.18 Å². The predicted octanol–water partition coefficient (Wildman–Crippen LogP) is 2.76. The molecule has 1 aliphatic rings. The van der Waals surface area contributed by atoms with Gasteiger partial charge in [0.15, 0.2) is 0 Å². The van der Waals surface area contributed by atoms with Crippen molar-refractivity contribution in [2.45, 2.75) is 0 Å². The minimum Gasteiger partial charge on any atom is -0.465 e. The van der Waals surface area contributed by atoms with Crippen molar-refractivity contribution in [3.8, 4) is 11.8 Å². The number of carbonyl (C=O) groups is 1. The Morgan fingerprint density at radius 1 is 1.04 bits per heavy atom. The number of hydrogen-bond acceptors (Lipinski definition) is 4. The summed E-state index contributed by atoms with van der Waals surface area (Å²) < 4.78 is 17.9. The van der Waals surface area contributed by atoms with Gasteiger partial charge in [-0.1, -0.05) is 11.8 Å². The van der Waals surface area contributed by atoms with E-state index in [1.165, 1.54) is 19.2 Å². The number of rotatable bonds is 2. The highest BCUT2D eigenvalue weighted by Gasteiger charge is 2.18. The molecule has 4 nitrogen and oxygen atoms in total. The van der Waals surface area contributed by atoms with Crippen molar-refractivity contribution in [2.75, 3.05) is 45.2 Å². The number of hydrogen-bond donors (Lipinski definition) is 0. The summed E-state index contributed by atoms with van der Waals surface area (Å²) in [5.41, 5.74) is 2.95. The average Bonchev–Trinajstić information content (AvgIpc) is 2.67. The van der Waals surface area contributed by atoms with Crippen LogP contribution in [0, 0.1) is 17.7 Å². The number of benzene rings is 2. The molecule has 26 heavy (non-hydrogen) atoms. The first kappa shape index (κ1) is 18.0. The van der Waals surface area contributed by atoms with E-state index in [1.807, 2.05) is 6.07 Å². The fourth-order valence-electron chi connectivity index (χ4n) is 2.88. The molecule has 2 aromatic carbocycles. The Kier molecular flexibility index (Phi) is 5.55.